The van der Waals surface area contributed by atoms with E-state index in [0.29, 0.717) is 30.8 Å². The van der Waals surface area contributed by atoms with Gasteiger partial charge in [0, 0.05) is 40.3 Å². The molecule has 1 aliphatic heterocycles. The van der Waals surface area contributed by atoms with Crippen LogP contribution in [0.2, 0.25) is 0 Å². The van der Waals surface area contributed by atoms with Crippen molar-refractivity contribution in [3.8, 4) is 0 Å². The summed E-state index contributed by atoms with van der Waals surface area (Å²) in [5, 5.41) is 8.25. The van der Waals surface area contributed by atoms with Crippen LogP contribution in [-0.4, -0.2) is 63.2 Å². The van der Waals surface area contributed by atoms with Gasteiger partial charge in [0.25, 0.3) is 0 Å². The number of aromatic nitrogens is 2. The minimum absolute atomic E-state index is 0.149. The standard InChI is InChI=1S/C17H20F3N5O2S/c1-23(2)15-6-7-16(22-21-15)24-8-10-25(11-9-24)28(26,27)14-5-3-4-13(12-14)17(18,19)20/h3-7,12H,8-11H2,1-2H3. The Morgan fingerprint density at radius 2 is 1.68 bits per heavy atom. The molecule has 0 spiro atoms. The first kappa shape index (κ1) is 20.3. The predicted molar refractivity (Wildman–Crippen MR) is 98.8 cm³/mol. The molecule has 0 N–H and O–H groups in total. The van der Waals surface area contributed by atoms with Gasteiger partial charge in [-0.1, -0.05) is 6.07 Å². The third kappa shape index (κ3) is 4.20. The molecule has 28 heavy (non-hydrogen) atoms. The second-order valence-corrected chi connectivity index (χ2v) is 8.50. The van der Waals surface area contributed by atoms with Gasteiger partial charge in [-0.05, 0) is 30.3 Å². The van der Waals surface area contributed by atoms with Gasteiger partial charge in [-0.3, -0.25) is 0 Å². The summed E-state index contributed by atoms with van der Waals surface area (Å²) in [6.45, 7) is 1.04. The molecule has 1 fully saturated rings. The Bertz CT molecular complexity index is 925. The van der Waals surface area contributed by atoms with Crippen molar-refractivity contribution < 1.29 is 21.6 Å². The lowest BCUT2D eigenvalue weighted by Gasteiger charge is -2.34. The number of rotatable bonds is 4. The van der Waals surface area contributed by atoms with Crippen LogP contribution in [0.1, 0.15) is 5.56 Å². The van der Waals surface area contributed by atoms with Gasteiger partial charge in [-0.15, -0.1) is 10.2 Å². The van der Waals surface area contributed by atoms with E-state index in [1.165, 1.54) is 10.4 Å². The molecule has 7 nitrogen and oxygen atoms in total. The van der Waals surface area contributed by atoms with Crippen molar-refractivity contribution in [2.75, 3.05) is 50.1 Å². The topological polar surface area (TPSA) is 69.6 Å². The second kappa shape index (κ2) is 7.55. The molecule has 11 heteroatoms. The summed E-state index contributed by atoms with van der Waals surface area (Å²) in [5.74, 6) is 1.33. The molecule has 1 aromatic heterocycles. The number of nitrogens with zero attached hydrogens (tertiary/aromatic N) is 5. The highest BCUT2D eigenvalue weighted by Gasteiger charge is 2.34. The normalized spacial score (nSPS) is 16.2. The molecule has 0 unspecified atom stereocenters. The first-order chi connectivity index (χ1) is 13.1. The van der Waals surface area contributed by atoms with E-state index < -0.39 is 21.8 Å². The van der Waals surface area contributed by atoms with Gasteiger partial charge in [0.2, 0.25) is 10.0 Å². The molecule has 0 atom stereocenters. The van der Waals surface area contributed by atoms with Gasteiger partial charge in [-0.2, -0.15) is 17.5 Å². The summed E-state index contributed by atoms with van der Waals surface area (Å²) < 4.78 is 65.3. The van der Waals surface area contributed by atoms with Gasteiger partial charge >= 0.3 is 6.18 Å². The minimum Gasteiger partial charge on any atom is -0.361 e. The van der Waals surface area contributed by atoms with Crippen LogP contribution in [0.4, 0.5) is 24.8 Å². The first-order valence-corrected chi connectivity index (χ1v) is 9.96. The molecule has 2 aromatic rings. The molecule has 152 valence electrons. The van der Waals surface area contributed by atoms with Crippen LogP contribution in [-0.2, 0) is 16.2 Å². The van der Waals surface area contributed by atoms with Crippen LogP contribution < -0.4 is 9.80 Å². The summed E-state index contributed by atoms with van der Waals surface area (Å²) in [4.78, 5) is 3.35. The van der Waals surface area contributed by atoms with Gasteiger partial charge in [-0.25, -0.2) is 8.42 Å². The van der Waals surface area contributed by atoms with E-state index >= 15 is 0 Å². The molecular formula is C17H20F3N5O2S. The van der Waals surface area contributed by atoms with E-state index in [-0.39, 0.29) is 18.0 Å². The largest absolute Gasteiger partial charge is 0.416 e. The third-order valence-electron chi connectivity index (χ3n) is 4.46. The number of anilines is 2. The SMILES string of the molecule is CN(C)c1ccc(N2CCN(S(=O)(=O)c3cccc(C(F)(F)F)c3)CC2)nn1. The van der Waals surface area contributed by atoms with E-state index in [1.807, 2.05) is 30.0 Å². The zero-order valence-electron chi connectivity index (χ0n) is 15.4. The summed E-state index contributed by atoms with van der Waals surface area (Å²) in [7, 11) is -0.308. The second-order valence-electron chi connectivity index (χ2n) is 6.56. The maximum absolute atomic E-state index is 12.9. The van der Waals surface area contributed by atoms with Crippen molar-refractivity contribution in [1.29, 1.82) is 0 Å². The van der Waals surface area contributed by atoms with E-state index in [9.17, 15) is 21.6 Å². The lowest BCUT2D eigenvalue weighted by Crippen LogP contribution is -2.49. The lowest BCUT2D eigenvalue weighted by atomic mass is 10.2. The van der Waals surface area contributed by atoms with Crippen molar-refractivity contribution in [3.63, 3.8) is 0 Å². The summed E-state index contributed by atoms with van der Waals surface area (Å²) in [6.07, 6.45) is -4.60. The fourth-order valence-electron chi connectivity index (χ4n) is 2.86. The highest BCUT2D eigenvalue weighted by atomic mass is 32.2. The molecule has 1 saturated heterocycles. The molecule has 0 radical (unpaired) electrons. The van der Waals surface area contributed by atoms with Crippen LogP contribution in [0, 0.1) is 0 Å². The predicted octanol–water partition coefficient (Wildman–Crippen LogP) is 2.07. The smallest absolute Gasteiger partial charge is 0.361 e. The summed E-state index contributed by atoms with van der Waals surface area (Å²) in [5.41, 5.74) is -0.983. The zero-order chi connectivity index (χ0) is 20.5. The molecule has 1 aliphatic rings. The molecule has 1 aromatic carbocycles. The van der Waals surface area contributed by atoms with Crippen LogP contribution in [0.15, 0.2) is 41.3 Å². The maximum atomic E-state index is 12.9. The fourth-order valence-corrected chi connectivity index (χ4v) is 4.33. The molecular weight excluding hydrogens is 395 g/mol. The van der Waals surface area contributed by atoms with Gasteiger partial charge in [0.05, 0.1) is 10.5 Å². The van der Waals surface area contributed by atoms with E-state index in [0.717, 1.165) is 12.1 Å². The van der Waals surface area contributed by atoms with Gasteiger partial charge in [0.1, 0.15) is 0 Å². The number of hydrogen-bond donors (Lipinski definition) is 0. The van der Waals surface area contributed by atoms with Crippen molar-refractivity contribution >= 4 is 21.7 Å². The first-order valence-electron chi connectivity index (χ1n) is 8.52. The number of alkyl halides is 3. The Labute approximate surface area is 161 Å². The average molecular weight is 415 g/mol. The molecule has 0 amide bonds. The Morgan fingerprint density at radius 1 is 1.00 bits per heavy atom. The average Bonchev–Trinajstić information content (AvgIpc) is 2.67. The number of halogens is 3. The molecule has 0 aliphatic carbocycles. The van der Waals surface area contributed by atoms with Gasteiger partial charge < -0.3 is 9.80 Å². The Balaban J connectivity index is 1.72. The third-order valence-corrected chi connectivity index (χ3v) is 6.35. The number of sulfonamides is 1. The Hall–Kier alpha value is -2.40. The molecule has 0 bridgehead atoms. The number of hydrogen-bond acceptors (Lipinski definition) is 6. The number of piperazine rings is 1. The molecule has 3 rings (SSSR count). The molecule has 0 saturated carbocycles. The quantitative estimate of drug-likeness (QED) is 0.762. The highest BCUT2D eigenvalue weighted by Crippen LogP contribution is 2.31. The molecule has 2 heterocycles. The minimum atomic E-state index is -4.60. The van der Waals surface area contributed by atoms with Crippen LogP contribution in [0.3, 0.4) is 0 Å². The van der Waals surface area contributed by atoms with E-state index in [2.05, 4.69) is 10.2 Å². The van der Waals surface area contributed by atoms with Crippen LogP contribution >= 0.6 is 0 Å². The Kier molecular flexibility index (Phi) is 5.48. The monoisotopic (exact) mass is 415 g/mol. The number of benzene rings is 1. The van der Waals surface area contributed by atoms with Crippen molar-refractivity contribution in [1.82, 2.24) is 14.5 Å². The zero-order valence-corrected chi connectivity index (χ0v) is 16.2. The van der Waals surface area contributed by atoms with Crippen LogP contribution in [0.25, 0.3) is 0 Å². The summed E-state index contributed by atoms with van der Waals surface area (Å²) in [6, 6.07) is 7.43. The van der Waals surface area contributed by atoms with Crippen molar-refractivity contribution in [2.24, 2.45) is 0 Å². The van der Waals surface area contributed by atoms with Crippen LogP contribution in [0.5, 0.6) is 0 Å². The van der Waals surface area contributed by atoms with Crippen molar-refractivity contribution in [3.05, 3.63) is 42.0 Å². The Morgan fingerprint density at radius 3 is 2.21 bits per heavy atom. The van der Waals surface area contributed by atoms with Crippen molar-refractivity contribution in [2.45, 2.75) is 11.1 Å². The van der Waals surface area contributed by atoms with E-state index in [4.69, 9.17) is 0 Å². The fraction of sp³-hybridized carbons (Fsp3) is 0.412. The van der Waals surface area contributed by atoms with E-state index in [1.54, 1.807) is 6.07 Å². The highest BCUT2D eigenvalue weighted by molar-refractivity contribution is 7.89. The lowest BCUT2D eigenvalue weighted by molar-refractivity contribution is -0.137. The summed E-state index contributed by atoms with van der Waals surface area (Å²) >= 11 is 0. The van der Waals surface area contributed by atoms with Gasteiger partial charge in [0.15, 0.2) is 11.6 Å². The maximum Gasteiger partial charge on any atom is 0.416 e.